The fourth-order valence-electron chi connectivity index (χ4n) is 2.92. The van der Waals surface area contributed by atoms with E-state index in [4.69, 9.17) is 5.73 Å². The van der Waals surface area contributed by atoms with Crippen LogP contribution in [0.4, 0.5) is 0 Å². The van der Waals surface area contributed by atoms with Crippen molar-refractivity contribution in [3.05, 3.63) is 35.5 Å². The van der Waals surface area contributed by atoms with Crippen LogP contribution < -0.4 is 5.73 Å². The number of hydrogen-bond donors (Lipinski definition) is 1. The van der Waals surface area contributed by atoms with Gasteiger partial charge in [0.1, 0.15) is 0 Å². The highest BCUT2D eigenvalue weighted by Crippen LogP contribution is 2.25. The Labute approximate surface area is 108 Å². The van der Waals surface area contributed by atoms with E-state index in [0.717, 1.165) is 39.1 Å². The van der Waals surface area contributed by atoms with Crippen molar-refractivity contribution in [2.24, 2.45) is 5.73 Å². The summed E-state index contributed by atoms with van der Waals surface area (Å²) in [4.78, 5) is 2.44. The van der Waals surface area contributed by atoms with Gasteiger partial charge < -0.3 is 10.3 Å². The Hall–Kier alpha value is -1.32. The number of fused-ring (bicyclic) bond motifs is 3. The van der Waals surface area contributed by atoms with E-state index in [1.165, 1.54) is 22.2 Å². The van der Waals surface area contributed by atoms with Crippen LogP contribution in [0, 0.1) is 0 Å². The maximum absolute atomic E-state index is 5.64. The quantitative estimate of drug-likeness (QED) is 0.894. The van der Waals surface area contributed by atoms with Gasteiger partial charge >= 0.3 is 0 Å². The lowest BCUT2D eigenvalue weighted by molar-refractivity contribution is 0.229. The molecule has 2 aromatic rings. The summed E-state index contributed by atoms with van der Waals surface area (Å²) in [5.41, 5.74) is 9.88. The first kappa shape index (κ1) is 11.8. The Bertz CT molecular complexity index is 556. The summed E-state index contributed by atoms with van der Waals surface area (Å²) in [6, 6.07) is 9.20. The van der Waals surface area contributed by atoms with Crippen LogP contribution in [0.25, 0.3) is 10.9 Å². The lowest BCUT2D eigenvalue weighted by Crippen LogP contribution is -2.36. The first-order valence-electron chi connectivity index (χ1n) is 6.85. The maximum Gasteiger partial charge on any atom is 0.0483 e. The Morgan fingerprint density at radius 2 is 2.11 bits per heavy atom. The van der Waals surface area contributed by atoms with Gasteiger partial charge in [-0.2, -0.15) is 0 Å². The number of hydrogen-bond acceptors (Lipinski definition) is 2. The molecule has 2 heterocycles. The molecule has 3 nitrogen and oxygen atoms in total. The van der Waals surface area contributed by atoms with Crippen molar-refractivity contribution in [2.75, 3.05) is 19.6 Å². The van der Waals surface area contributed by atoms with Crippen molar-refractivity contribution in [2.45, 2.75) is 26.4 Å². The van der Waals surface area contributed by atoms with Gasteiger partial charge in [0, 0.05) is 49.3 Å². The maximum atomic E-state index is 5.64. The Morgan fingerprint density at radius 3 is 2.89 bits per heavy atom. The molecule has 96 valence electrons. The lowest BCUT2D eigenvalue weighted by Gasteiger charge is -2.28. The number of nitrogens with zero attached hydrogens (tertiary/aromatic N) is 2. The SMILES string of the molecule is CCc1ccc2c(c1)cc1n2CCN(CCN)C1. The molecule has 0 unspecified atom stereocenters. The third-order valence-corrected chi connectivity index (χ3v) is 3.93. The summed E-state index contributed by atoms with van der Waals surface area (Å²) >= 11 is 0. The highest BCUT2D eigenvalue weighted by molar-refractivity contribution is 5.82. The molecule has 0 bridgehead atoms. The van der Waals surface area contributed by atoms with Crippen molar-refractivity contribution < 1.29 is 0 Å². The van der Waals surface area contributed by atoms with Crippen molar-refractivity contribution in [3.63, 3.8) is 0 Å². The second-order valence-electron chi connectivity index (χ2n) is 5.10. The van der Waals surface area contributed by atoms with Crippen LogP contribution in [0.1, 0.15) is 18.2 Å². The Morgan fingerprint density at radius 1 is 1.22 bits per heavy atom. The molecule has 0 atom stereocenters. The van der Waals surface area contributed by atoms with Gasteiger partial charge in [0.15, 0.2) is 0 Å². The Kier molecular flexibility index (Phi) is 3.10. The van der Waals surface area contributed by atoms with Gasteiger partial charge in [-0.1, -0.05) is 13.0 Å². The van der Waals surface area contributed by atoms with Gasteiger partial charge in [-0.25, -0.2) is 0 Å². The molecule has 1 aliphatic heterocycles. The minimum Gasteiger partial charge on any atom is -0.342 e. The van der Waals surface area contributed by atoms with E-state index in [0.29, 0.717) is 0 Å². The zero-order valence-electron chi connectivity index (χ0n) is 11.0. The lowest BCUT2D eigenvalue weighted by atomic mass is 10.1. The number of aryl methyl sites for hydroxylation is 1. The summed E-state index contributed by atoms with van der Waals surface area (Å²) in [6.45, 7) is 7.20. The fourth-order valence-corrected chi connectivity index (χ4v) is 2.92. The normalized spacial score (nSPS) is 16.1. The van der Waals surface area contributed by atoms with E-state index in [9.17, 15) is 0 Å². The fraction of sp³-hybridized carbons (Fsp3) is 0.467. The average molecular weight is 243 g/mol. The summed E-state index contributed by atoms with van der Waals surface area (Å²) in [6.07, 6.45) is 1.11. The smallest absolute Gasteiger partial charge is 0.0483 e. The van der Waals surface area contributed by atoms with Crippen LogP contribution in [0.15, 0.2) is 24.3 Å². The molecular formula is C15H21N3. The summed E-state index contributed by atoms with van der Waals surface area (Å²) < 4.78 is 2.46. The van der Waals surface area contributed by atoms with Gasteiger partial charge in [-0.05, 0) is 30.2 Å². The van der Waals surface area contributed by atoms with E-state index in [1.807, 2.05) is 0 Å². The third-order valence-electron chi connectivity index (χ3n) is 3.93. The van der Waals surface area contributed by atoms with E-state index in [2.05, 4.69) is 40.7 Å². The predicted molar refractivity (Wildman–Crippen MR) is 75.6 cm³/mol. The van der Waals surface area contributed by atoms with Crippen molar-refractivity contribution in [1.82, 2.24) is 9.47 Å². The van der Waals surface area contributed by atoms with Crippen molar-refractivity contribution in [1.29, 1.82) is 0 Å². The first-order chi connectivity index (χ1) is 8.81. The minimum atomic E-state index is 0.750. The summed E-state index contributed by atoms with van der Waals surface area (Å²) in [5.74, 6) is 0. The van der Waals surface area contributed by atoms with E-state index < -0.39 is 0 Å². The molecule has 0 aliphatic carbocycles. The van der Waals surface area contributed by atoms with E-state index in [-0.39, 0.29) is 0 Å². The molecule has 0 fully saturated rings. The number of benzene rings is 1. The molecule has 3 heteroatoms. The molecule has 0 spiro atoms. The van der Waals surface area contributed by atoms with Crippen molar-refractivity contribution >= 4 is 10.9 Å². The highest BCUT2D eigenvalue weighted by atomic mass is 15.2. The van der Waals surface area contributed by atoms with Crippen LogP contribution in [0.5, 0.6) is 0 Å². The molecule has 1 aliphatic rings. The highest BCUT2D eigenvalue weighted by Gasteiger charge is 2.17. The second-order valence-corrected chi connectivity index (χ2v) is 5.10. The molecule has 0 saturated carbocycles. The molecule has 0 radical (unpaired) electrons. The average Bonchev–Trinajstić information content (AvgIpc) is 2.75. The molecule has 1 aromatic heterocycles. The number of rotatable bonds is 3. The summed E-state index contributed by atoms with van der Waals surface area (Å²) in [7, 11) is 0. The third kappa shape index (κ3) is 1.93. The predicted octanol–water partition coefficient (Wildman–Crippen LogP) is 1.98. The minimum absolute atomic E-state index is 0.750. The van der Waals surface area contributed by atoms with Crippen LogP contribution in [-0.4, -0.2) is 29.1 Å². The molecule has 3 rings (SSSR count). The standard InChI is InChI=1S/C15H21N3/c1-2-12-3-4-15-13(9-12)10-14-11-17(6-5-16)7-8-18(14)15/h3-4,9-10H,2,5-8,11,16H2,1H3. The molecule has 0 amide bonds. The van der Waals surface area contributed by atoms with Crippen LogP contribution in [0.2, 0.25) is 0 Å². The van der Waals surface area contributed by atoms with Crippen LogP contribution in [-0.2, 0) is 19.5 Å². The molecule has 1 aromatic carbocycles. The van der Waals surface area contributed by atoms with Crippen LogP contribution in [0.3, 0.4) is 0 Å². The zero-order chi connectivity index (χ0) is 12.5. The van der Waals surface area contributed by atoms with E-state index in [1.54, 1.807) is 0 Å². The number of aromatic nitrogens is 1. The topological polar surface area (TPSA) is 34.2 Å². The van der Waals surface area contributed by atoms with Gasteiger partial charge in [-0.3, -0.25) is 4.90 Å². The summed E-state index contributed by atoms with van der Waals surface area (Å²) in [5, 5.41) is 1.39. The number of nitrogens with two attached hydrogens (primary N) is 1. The van der Waals surface area contributed by atoms with Crippen LogP contribution >= 0.6 is 0 Å². The largest absolute Gasteiger partial charge is 0.342 e. The Balaban J connectivity index is 1.98. The molecule has 0 saturated heterocycles. The van der Waals surface area contributed by atoms with Gasteiger partial charge in [0.25, 0.3) is 0 Å². The van der Waals surface area contributed by atoms with Gasteiger partial charge in [-0.15, -0.1) is 0 Å². The molecule has 2 N–H and O–H groups in total. The van der Waals surface area contributed by atoms with Gasteiger partial charge in [0.05, 0.1) is 0 Å². The van der Waals surface area contributed by atoms with Gasteiger partial charge in [0.2, 0.25) is 0 Å². The first-order valence-corrected chi connectivity index (χ1v) is 6.85. The van der Waals surface area contributed by atoms with E-state index >= 15 is 0 Å². The second kappa shape index (κ2) is 4.75. The molecular weight excluding hydrogens is 222 g/mol. The molecule has 18 heavy (non-hydrogen) atoms. The monoisotopic (exact) mass is 243 g/mol. The van der Waals surface area contributed by atoms with Crippen molar-refractivity contribution in [3.8, 4) is 0 Å². The zero-order valence-corrected chi connectivity index (χ0v) is 11.0.